The summed E-state index contributed by atoms with van der Waals surface area (Å²) >= 11 is 0. The molecule has 3 aromatic heterocycles. The number of carbonyl (C=O) groups is 1. The molecule has 5 rings (SSSR count). The average Bonchev–Trinajstić information content (AvgIpc) is 3.43. The van der Waals surface area contributed by atoms with Crippen LogP contribution in [0.15, 0.2) is 42.9 Å². The van der Waals surface area contributed by atoms with E-state index in [1.165, 1.54) is 4.68 Å². The second kappa shape index (κ2) is 8.94. The molecule has 1 aliphatic carbocycles. The molecule has 2 unspecified atom stereocenters. The van der Waals surface area contributed by atoms with Crippen LogP contribution in [0.25, 0.3) is 22.2 Å². The number of halogens is 2. The molecule has 34 heavy (non-hydrogen) atoms. The molecular weight excluding hydrogens is 442 g/mol. The molecular formula is C24H24F2N6O2. The third-order valence-corrected chi connectivity index (χ3v) is 6.21. The van der Waals surface area contributed by atoms with Crippen LogP contribution in [-0.4, -0.2) is 47.7 Å². The van der Waals surface area contributed by atoms with E-state index in [2.05, 4.69) is 20.5 Å². The van der Waals surface area contributed by atoms with Crippen LogP contribution in [0.3, 0.4) is 0 Å². The zero-order valence-corrected chi connectivity index (χ0v) is 18.6. The normalized spacial score (nSPS) is 18.4. The largest absolute Gasteiger partial charge is 0.391 e. The molecule has 2 N–H and O–H groups in total. The van der Waals surface area contributed by atoms with Gasteiger partial charge in [-0.2, -0.15) is 10.2 Å². The van der Waals surface area contributed by atoms with Crippen LogP contribution in [0, 0.1) is 11.6 Å². The number of nitrogens with zero attached hydrogens (tertiary/aromatic N) is 5. The number of fused-ring (bicyclic) bond motifs is 1. The Morgan fingerprint density at radius 1 is 1.15 bits per heavy atom. The van der Waals surface area contributed by atoms with E-state index in [1.807, 2.05) is 25.4 Å². The maximum absolute atomic E-state index is 14.8. The highest BCUT2D eigenvalue weighted by atomic mass is 19.1. The lowest BCUT2D eigenvalue weighted by Gasteiger charge is -2.28. The van der Waals surface area contributed by atoms with E-state index in [-0.39, 0.29) is 23.1 Å². The molecule has 0 bridgehead atoms. The van der Waals surface area contributed by atoms with E-state index in [1.54, 1.807) is 17.1 Å². The van der Waals surface area contributed by atoms with E-state index in [9.17, 15) is 18.7 Å². The second-order valence-corrected chi connectivity index (χ2v) is 8.65. The molecule has 1 fully saturated rings. The van der Waals surface area contributed by atoms with Gasteiger partial charge < -0.3 is 10.4 Å². The van der Waals surface area contributed by atoms with E-state index >= 15 is 0 Å². The molecule has 1 amide bonds. The summed E-state index contributed by atoms with van der Waals surface area (Å²) in [6, 6.07) is 5.19. The van der Waals surface area contributed by atoms with Gasteiger partial charge in [-0.25, -0.2) is 8.78 Å². The highest BCUT2D eigenvalue weighted by molar-refractivity contribution is 6.05. The molecule has 0 spiro atoms. The van der Waals surface area contributed by atoms with Gasteiger partial charge in [-0.3, -0.25) is 19.1 Å². The van der Waals surface area contributed by atoms with Crippen LogP contribution in [0.2, 0.25) is 0 Å². The fraction of sp³-hybridized carbons (Fsp3) is 0.333. The number of amides is 1. The predicted octanol–water partition coefficient (Wildman–Crippen LogP) is 3.19. The summed E-state index contributed by atoms with van der Waals surface area (Å²) in [4.78, 5) is 17.4. The molecule has 0 aliphatic heterocycles. The fourth-order valence-electron chi connectivity index (χ4n) is 4.44. The SMILES string of the molecule is Cn1cc(-c2ccc(Cn3nc(C(=O)NC4CCCCC4O)c4c(F)ccc(F)c43)cn2)cn1. The zero-order chi connectivity index (χ0) is 23.8. The third kappa shape index (κ3) is 4.16. The Morgan fingerprint density at radius 2 is 1.94 bits per heavy atom. The van der Waals surface area contributed by atoms with Crippen LogP contribution < -0.4 is 5.32 Å². The number of aliphatic hydroxyl groups excluding tert-OH is 1. The molecule has 1 aliphatic rings. The van der Waals surface area contributed by atoms with Crippen molar-refractivity contribution in [3.63, 3.8) is 0 Å². The fourth-order valence-corrected chi connectivity index (χ4v) is 4.44. The number of pyridine rings is 1. The quantitative estimate of drug-likeness (QED) is 0.471. The number of rotatable bonds is 5. The Labute approximate surface area is 194 Å². The van der Waals surface area contributed by atoms with E-state index < -0.39 is 29.7 Å². The van der Waals surface area contributed by atoms with Crippen molar-refractivity contribution in [2.45, 2.75) is 44.4 Å². The van der Waals surface area contributed by atoms with Gasteiger partial charge in [0.1, 0.15) is 17.2 Å². The highest BCUT2D eigenvalue weighted by Crippen LogP contribution is 2.27. The summed E-state index contributed by atoms with van der Waals surface area (Å²) in [5, 5.41) is 21.2. The standard InChI is InChI=1S/C24H24F2N6O2/c1-31-13-15(11-28-31)18-9-6-14(10-27-18)12-32-23-17(26)8-7-16(25)21(23)22(30-32)24(34)29-19-4-2-3-5-20(19)33/h6-11,13,19-20,33H,2-5,12H2,1H3,(H,29,34). The number of aliphatic hydroxyl groups is 1. The molecule has 1 aromatic carbocycles. The zero-order valence-electron chi connectivity index (χ0n) is 18.6. The molecule has 10 heteroatoms. The van der Waals surface area contributed by atoms with Crippen LogP contribution in [-0.2, 0) is 13.6 Å². The lowest BCUT2D eigenvalue weighted by Crippen LogP contribution is -2.45. The smallest absolute Gasteiger partial charge is 0.272 e. The average molecular weight is 466 g/mol. The number of nitrogens with one attached hydrogen (secondary N) is 1. The third-order valence-electron chi connectivity index (χ3n) is 6.21. The first-order chi connectivity index (χ1) is 16.4. The maximum Gasteiger partial charge on any atom is 0.272 e. The molecule has 4 aromatic rings. The Morgan fingerprint density at radius 3 is 2.65 bits per heavy atom. The Balaban J connectivity index is 1.47. The van der Waals surface area contributed by atoms with Gasteiger partial charge in [0.15, 0.2) is 5.69 Å². The first-order valence-electron chi connectivity index (χ1n) is 11.2. The summed E-state index contributed by atoms with van der Waals surface area (Å²) in [5.41, 5.74) is 1.99. The topological polar surface area (TPSA) is 97.9 Å². The summed E-state index contributed by atoms with van der Waals surface area (Å²) in [7, 11) is 1.82. The number of aryl methyl sites for hydroxylation is 1. The van der Waals surface area contributed by atoms with Crippen LogP contribution >= 0.6 is 0 Å². The molecule has 3 heterocycles. The second-order valence-electron chi connectivity index (χ2n) is 8.65. The molecule has 2 atom stereocenters. The molecule has 1 saturated carbocycles. The van der Waals surface area contributed by atoms with Crippen LogP contribution in [0.1, 0.15) is 41.7 Å². The predicted molar refractivity (Wildman–Crippen MR) is 121 cm³/mol. The maximum atomic E-state index is 14.8. The minimum Gasteiger partial charge on any atom is -0.391 e. The van der Waals surface area contributed by atoms with Crippen LogP contribution in [0.4, 0.5) is 8.78 Å². The van der Waals surface area contributed by atoms with Crippen LogP contribution in [0.5, 0.6) is 0 Å². The van der Waals surface area contributed by atoms with Crippen molar-refractivity contribution in [2.75, 3.05) is 0 Å². The van der Waals surface area contributed by atoms with E-state index in [4.69, 9.17) is 0 Å². The van der Waals surface area contributed by atoms with Crippen molar-refractivity contribution in [1.82, 2.24) is 29.9 Å². The van der Waals surface area contributed by atoms with Crippen molar-refractivity contribution in [1.29, 1.82) is 0 Å². The summed E-state index contributed by atoms with van der Waals surface area (Å²) in [5.74, 6) is -2.05. The van der Waals surface area contributed by atoms with Gasteiger partial charge in [0.25, 0.3) is 5.91 Å². The van der Waals surface area contributed by atoms with Gasteiger partial charge in [-0.05, 0) is 36.6 Å². The summed E-state index contributed by atoms with van der Waals surface area (Å²) < 4.78 is 32.5. The number of benzene rings is 1. The van der Waals surface area contributed by atoms with Gasteiger partial charge >= 0.3 is 0 Å². The van der Waals surface area contributed by atoms with Gasteiger partial charge in [-0.15, -0.1) is 0 Å². The number of hydrogen-bond acceptors (Lipinski definition) is 5. The van der Waals surface area contributed by atoms with E-state index in [0.29, 0.717) is 18.4 Å². The minimum atomic E-state index is -0.734. The van der Waals surface area contributed by atoms with Crippen molar-refractivity contribution < 1.29 is 18.7 Å². The van der Waals surface area contributed by atoms with Gasteiger partial charge in [0.2, 0.25) is 0 Å². The Kier molecular flexibility index (Phi) is 5.82. The summed E-state index contributed by atoms with van der Waals surface area (Å²) in [6.07, 6.45) is 7.48. The first-order valence-corrected chi connectivity index (χ1v) is 11.2. The van der Waals surface area contributed by atoms with Crippen molar-refractivity contribution in [3.05, 3.63) is 65.7 Å². The monoisotopic (exact) mass is 466 g/mol. The van der Waals surface area contributed by atoms with Crippen molar-refractivity contribution >= 4 is 16.8 Å². The first kappa shape index (κ1) is 22.1. The summed E-state index contributed by atoms with van der Waals surface area (Å²) in [6.45, 7) is 0.0938. The minimum absolute atomic E-state index is 0.0920. The number of carbonyl (C=O) groups excluding carboxylic acids is 1. The number of hydrogen-bond donors (Lipinski definition) is 2. The Bertz CT molecular complexity index is 1350. The molecule has 8 nitrogen and oxygen atoms in total. The van der Waals surface area contributed by atoms with Crippen molar-refractivity contribution in [2.24, 2.45) is 7.05 Å². The van der Waals surface area contributed by atoms with Gasteiger partial charge in [-0.1, -0.05) is 18.9 Å². The van der Waals surface area contributed by atoms with Gasteiger partial charge in [0.05, 0.1) is 36.0 Å². The number of aromatic nitrogens is 5. The molecule has 176 valence electrons. The van der Waals surface area contributed by atoms with Gasteiger partial charge in [0, 0.05) is 25.0 Å². The lowest BCUT2D eigenvalue weighted by molar-refractivity contribution is 0.0714. The molecule has 0 saturated heterocycles. The highest BCUT2D eigenvalue weighted by Gasteiger charge is 2.28. The molecule has 0 radical (unpaired) electrons. The lowest BCUT2D eigenvalue weighted by atomic mass is 9.92. The van der Waals surface area contributed by atoms with E-state index in [0.717, 1.165) is 36.2 Å². The van der Waals surface area contributed by atoms with Crippen molar-refractivity contribution in [3.8, 4) is 11.3 Å². The Hall–Kier alpha value is -3.66.